The quantitative estimate of drug-likeness (QED) is 0.127. The molecule has 0 saturated carbocycles. The predicted molar refractivity (Wildman–Crippen MR) is 216 cm³/mol. The summed E-state index contributed by atoms with van der Waals surface area (Å²) in [5.41, 5.74) is 3.34. The summed E-state index contributed by atoms with van der Waals surface area (Å²) in [5.74, 6) is -0.370. The van der Waals surface area contributed by atoms with E-state index in [1.165, 1.54) is 13.2 Å². The molecule has 2 aliphatic rings. The van der Waals surface area contributed by atoms with Crippen LogP contribution in [0.5, 0.6) is 11.6 Å². The summed E-state index contributed by atoms with van der Waals surface area (Å²) in [6.45, 7) is 13.3. The van der Waals surface area contributed by atoms with Crippen LogP contribution in [-0.2, 0) is 23.9 Å². The highest BCUT2D eigenvalue weighted by Crippen LogP contribution is 2.42. The molecule has 0 aliphatic carbocycles. The van der Waals surface area contributed by atoms with Crippen molar-refractivity contribution >= 4 is 43.1 Å². The molecule has 1 saturated heterocycles. The van der Waals surface area contributed by atoms with E-state index in [-0.39, 0.29) is 27.2 Å². The van der Waals surface area contributed by atoms with Gasteiger partial charge in [-0.15, -0.1) is 0 Å². The van der Waals surface area contributed by atoms with E-state index in [1.807, 2.05) is 17.0 Å². The molecule has 4 heterocycles. The van der Waals surface area contributed by atoms with Crippen LogP contribution in [0.25, 0.3) is 22.4 Å². The van der Waals surface area contributed by atoms with Crippen LogP contribution < -0.4 is 14.8 Å². The number of benzene rings is 2. The van der Waals surface area contributed by atoms with Gasteiger partial charge in [-0.1, -0.05) is 74.3 Å². The van der Waals surface area contributed by atoms with Crippen molar-refractivity contribution in [3.8, 4) is 34.0 Å². The molecule has 2 N–H and O–H groups in total. The molecular formula is C40H48Cl2F2N6O5Si. The lowest BCUT2D eigenvalue weighted by molar-refractivity contribution is -0.0878. The number of nitrogens with zero attached hydrogens (tertiary/aromatic N) is 5. The Bertz CT molecular complexity index is 2090. The molecule has 0 unspecified atom stereocenters. The van der Waals surface area contributed by atoms with Gasteiger partial charge >= 0.3 is 6.61 Å². The first-order valence-corrected chi connectivity index (χ1v) is 22.1. The molecule has 0 spiro atoms. The summed E-state index contributed by atoms with van der Waals surface area (Å²) in [5, 5.41) is 13.6. The van der Waals surface area contributed by atoms with Gasteiger partial charge in [-0.2, -0.15) is 8.78 Å². The summed E-state index contributed by atoms with van der Waals surface area (Å²) in [7, 11) is -0.426. The van der Waals surface area contributed by atoms with Gasteiger partial charge < -0.3 is 24.3 Å². The standard InChI is InChI=1S/C40H48Cl2F2N6O5Si/c1-39(2,3)56(6,7)54-17-16-49-15-14-26-31(20-49)46-29(18-33(26)55-38(43)44)36(51)47-28-13-9-11-25(35(28)42)24-10-8-12-27(34(24)41)30-19-45-32(37(48-30)53-5)21-50-22-40(4,52)23-50/h8-13,18-19,38,52H,14-17,20-23H2,1-7H3,(H,47,51). The second kappa shape index (κ2) is 16.6. The Hall–Kier alpha value is -3.76. The molecule has 1 fully saturated rings. The predicted octanol–water partition coefficient (Wildman–Crippen LogP) is 8.32. The van der Waals surface area contributed by atoms with E-state index in [2.05, 4.69) is 54.0 Å². The molecule has 300 valence electrons. The number of fused-ring (bicyclic) bond motifs is 1. The van der Waals surface area contributed by atoms with Crippen molar-refractivity contribution in [2.45, 2.75) is 77.6 Å². The first-order chi connectivity index (χ1) is 26.4. The normalized spacial score (nSPS) is 16.0. The average molecular weight is 830 g/mol. The van der Waals surface area contributed by atoms with Crippen molar-refractivity contribution < 1.29 is 32.6 Å². The maximum Gasteiger partial charge on any atom is 0.387 e. The van der Waals surface area contributed by atoms with Crippen LogP contribution in [0.3, 0.4) is 0 Å². The number of carbonyl (C=O) groups excluding carboxylic acids is 1. The fourth-order valence-corrected chi connectivity index (χ4v) is 8.35. The fraction of sp³-hybridized carbons (Fsp3) is 0.450. The lowest BCUT2D eigenvalue weighted by Crippen LogP contribution is -2.59. The summed E-state index contributed by atoms with van der Waals surface area (Å²) in [6.07, 6.45) is 2.06. The number of amides is 1. The zero-order valence-corrected chi connectivity index (χ0v) is 35.2. The van der Waals surface area contributed by atoms with Gasteiger partial charge in [0.05, 0.1) is 46.0 Å². The molecule has 4 aromatic rings. The number of methoxy groups -OCH3 is 1. The Kier molecular flexibility index (Phi) is 12.4. The number of carbonyl (C=O) groups is 1. The molecule has 11 nitrogen and oxygen atoms in total. The molecule has 6 rings (SSSR count). The van der Waals surface area contributed by atoms with Crippen molar-refractivity contribution in [2.75, 3.05) is 45.2 Å². The van der Waals surface area contributed by atoms with E-state index >= 15 is 0 Å². The number of ether oxygens (including phenoxy) is 2. The number of alkyl halides is 2. The number of likely N-dealkylation sites (tertiary alicyclic amines) is 1. The van der Waals surface area contributed by atoms with Crippen molar-refractivity contribution in [2.24, 2.45) is 0 Å². The van der Waals surface area contributed by atoms with Crippen molar-refractivity contribution in [3.63, 3.8) is 0 Å². The zero-order chi connectivity index (χ0) is 40.6. The van der Waals surface area contributed by atoms with Gasteiger partial charge in [-0.05, 0) is 37.5 Å². The SMILES string of the molecule is COc1nc(-c2cccc(-c3cccc(NC(=O)c4cc(OC(F)F)c5c(n4)CN(CCO[Si](C)(C)C(C)(C)C)CC5)c3Cl)c2Cl)cnc1CN1CC(C)(O)C1. The molecule has 0 radical (unpaired) electrons. The van der Waals surface area contributed by atoms with Crippen molar-refractivity contribution in [3.05, 3.63) is 81.4 Å². The molecule has 2 aliphatic heterocycles. The van der Waals surface area contributed by atoms with Crippen LogP contribution >= 0.6 is 23.2 Å². The van der Waals surface area contributed by atoms with E-state index in [4.69, 9.17) is 42.1 Å². The molecule has 0 bridgehead atoms. The van der Waals surface area contributed by atoms with Crippen molar-refractivity contribution in [1.29, 1.82) is 0 Å². The third-order valence-electron chi connectivity index (χ3n) is 10.7. The number of nitrogens with one attached hydrogen (secondary N) is 1. The Balaban J connectivity index is 1.21. The first-order valence-electron chi connectivity index (χ1n) is 18.4. The van der Waals surface area contributed by atoms with Crippen LogP contribution in [0.1, 0.15) is 55.1 Å². The van der Waals surface area contributed by atoms with Gasteiger partial charge in [-0.3, -0.25) is 19.6 Å². The lowest BCUT2D eigenvalue weighted by atomic mass is 9.97. The van der Waals surface area contributed by atoms with Crippen LogP contribution in [-0.4, -0.2) is 96.2 Å². The van der Waals surface area contributed by atoms with Crippen LogP contribution in [0.4, 0.5) is 14.5 Å². The summed E-state index contributed by atoms with van der Waals surface area (Å²) < 4.78 is 44.0. The number of halogens is 4. The summed E-state index contributed by atoms with van der Waals surface area (Å²) >= 11 is 14.0. The molecule has 0 atom stereocenters. The highest BCUT2D eigenvalue weighted by Gasteiger charge is 2.38. The maximum absolute atomic E-state index is 13.7. The van der Waals surface area contributed by atoms with Crippen molar-refractivity contribution in [1.82, 2.24) is 24.8 Å². The number of rotatable bonds is 13. The van der Waals surface area contributed by atoms with Gasteiger partial charge in [0.25, 0.3) is 5.91 Å². The van der Waals surface area contributed by atoms with Gasteiger partial charge in [0, 0.05) is 74.2 Å². The van der Waals surface area contributed by atoms with E-state index < -0.39 is 26.4 Å². The van der Waals surface area contributed by atoms with Crippen LogP contribution in [0.2, 0.25) is 28.2 Å². The monoisotopic (exact) mass is 828 g/mol. The lowest BCUT2D eigenvalue weighted by Gasteiger charge is -2.44. The minimum absolute atomic E-state index is 0.0715. The largest absolute Gasteiger partial charge is 0.480 e. The first kappa shape index (κ1) is 41.9. The van der Waals surface area contributed by atoms with Gasteiger partial charge in [0.15, 0.2) is 8.32 Å². The van der Waals surface area contributed by atoms with Crippen LogP contribution in [0, 0.1) is 0 Å². The second-order valence-electron chi connectivity index (χ2n) is 16.1. The zero-order valence-electron chi connectivity index (χ0n) is 32.7. The maximum atomic E-state index is 13.7. The second-order valence-corrected chi connectivity index (χ2v) is 21.7. The van der Waals surface area contributed by atoms with Gasteiger partial charge in [-0.25, -0.2) is 9.97 Å². The van der Waals surface area contributed by atoms with Gasteiger partial charge in [0.1, 0.15) is 17.1 Å². The Labute approximate surface area is 337 Å². The molecule has 2 aromatic carbocycles. The number of hydrogen-bond donors (Lipinski definition) is 2. The minimum atomic E-state index is -3.07. The van der Waals surface area contributed by atoms with E-state index in [1.54, 1.807) is 37.4 Å². The number of aromatic nitrogens is 3. The topological polar surface area (TPSA) is 122 Å². The van der Waals surface area contributed by atoms with E-state index in [9.17, 15) is 18.7 Å². The Morgan fingerprint density at radius 2 is 1.73 bits per heavy atom. The summed E-state index contributed by atoms with van der Waals surface area (Å²) in [6, 6.07) is 11.8. The fourth-order valence-electron chi connectivity index (χ4n) is 6.71. The third-order valence-corrected chi connectivity index (χ3v) is 16.0. The highest BCUT2D eigenvalue weighted by molar-refractivity contribution is 6.74. The number of β-amino-alcohol motifs (C(OH)–C–C–N with tert-alkyl or cyclic N) is 1. The number of hydrogen-bond acceptors (Lipinski definition) is 10. The Morgan fingerprint density at radius 1 is 1.05 bits per heavy atom. The minimum Gasteiger partial charge on any atom is -0.480 e. The van der Waals surface area contributed by atoms with Crippen LogP contribution in [0.15, 0.2) is 48.7 Å². The number of pyridine rings is 1. The third kappa shape index (κ3) is 9.33. The van der Waals surface area contributed by atoms with Gasteiger partial charge in [0.2, 0.25) is 5.88 Å². The molecular weight excluding hydrogens is 781 g/mol. The summed E-state index contributed by atoms with van der Waals surface area (Å²) in [4.78, 5) is 31.9. The molecule has 1 amide bonds. The Morgan fingerprint density at radius 3 is 2.39 bits per heavy atom. The van der Waals surface area contributed by atoms with E-state index in [0.717, 1.165) is 0 Å². The van der Waals surface area contributed by atoms with E-state index in [0.29, 0.717) is 103 Å². The number of aliphatic hydroxyl groups is 1. The smallest absolute Gasteiger partial charge is 0.387 e. The highest BCUT2D eigenvalue weighted by atomic mass is 35.5. The molecule has 2 aromatic heterocycles. The number of anilines is 1. The average Bonchev–Trinajstić information content (AvgIpc) is 3.11. The molecule has 56 heavy (non-hydrogen) atoms. The molecule has 16 heteroatoms.